The smallest absolute Gasteiger partial charge is 0.227 e. The second kappa shape index (κ2) is 7.62. The van der Waals surface area contributed by atoms with Crippen molar-refractivity contribution in [3.8, 4) is 5.75 Å². The van der Waals surface area contributed by atoms with Gasteiger partial charge in [-0.2, -0.15) is 11.3 Å². The van der Waals surface area contributed by atoms with Gasteiger partial charge in [-0.15, -0.1) is 0 Å². The largest absolute Gasteiger partial charge is 0.497 e. The van der Waals surface area contributed by atoms with E-state index in [0.717, 1.165) is 44.0 Å². The first-order chi connectivity index (χ1) is 11.2. The minimum absolute atomic E-state index is 0.202. The van der Waals surface area contributed by atoms with Crippen LogP contribution in [0, 0.1) is 0 Å². The zero-order chi connectivity index (χ0) is 16.1. The van der Waals surface area contributed by atoms with Gasteiger partial charge in [-0.25, -0.2) is 0 Å². The van der Waals surface area contributed by atoms with Crippen molar-refractivity contribution >= 4 is 17.2 Å². The van der Waals surface area contributed by atoms with Gasteiger partial charge in [0.25, 0.3) is 0 Å². The first-order valence-corrected chi connectivity index (χ1v) is 8.83. The number of carbonyl (C=O) groups is 1. The maximum Gasteiger partial charge on any atom is 0.227 e. The standard InChI is InChI=1S/C18H22N2O2S/c1-22-17-4-2-3-15(11-17)12-18(21)20-8-6-19(7-9-20)13-16-5-10-23-14-16/h2-5,10-11,14H,6-9,12-13H2,1H3. The van der Waals surface area contributed by atoms with Crippen molar-refractivity contribution in [1.82, 2.24) is 9.80 Å². The van der Waals surface area contributed by atoms with Gasteiger partial charge in [-0.05, 0) is 40.1 Å². The summed E-state index contributed by atoms with van der Waals surface area (Å²) in [6, 6.07) is 9.92. The molecule has 0 saturated carbocycles. The van der Waals surface area contributed by atoms with E-state index in [1.54, 1.807) is 18.4 Å². The normalized spacial score (nSPS) is 15.6. The second-order valence-corrected chi connectivity index (χ2v) is 6.60. The topological polar surface area (TPSA) is 32.8 Å². The number of methoxy groups -OCH3 is 1. The highest BCUT2D eigenvalue weighted by molar-refractivity contribution is 7.07. The van der Waals surface area contributed by atoms with Crippen molar-refractivity contribution in [2.24, 2.45) is 0 Å². The first kappa shape index (κ1) is 16.0. The molecular weight excluding hydrogens is 308 g/mol. The Morgan fingerprint density at radius 1 is 1.17 bits per heavy atom. The summed E-state index contributed by atoms with van der Waals surface area (Å²) in [4.78, 5) is 16.8. The zero-order valence-corrected chi connectivity index (χ0v) is 14.2. The molecule has 1 aromatic carbocycles. The quantitative estimate of drug-likeness (QED) is 0.845. The van der Waals surface area contributed by atoms with Crippen LogP contribution >= 0.6 is 11.3 Å². The maximum atomic E-state index is 12.5. The molecule has 3 rings (SSSR count). The molecule has 23 heavy (non-hydrogen) atoms. The highest BCUT2D eigenvalue weighted by Crippen LogP contribution is 2.15. The molecule has 5 heteroatoms. The summed E-state index contributed by atoms with van der Waals surface area (Å²) in [5.41, 5.74) is 2.38. The molecule has 1 aromatic heterocycles. The molecule has 1 fully saturated rings. The second-order valence-electron chi connectivity index (χ2n) is 5.82. The van der Waals surface area contributed by atoms with Gasteiger partial charge in [0.2, 0.25) is 5.91 Å². The van der Waals surface area contributed by atoms with Gasteiger partial charge in [-0.3, -0.25) is 9.69 Å². The van der Waals surface area contributed by atoms with Crippen LogP contribution in [-0.4, -0.2) is 49.0 Å². The Hall–Kier alpha value is -1.85. The minimum atomic E-state index is 0.202. The number of hydrogen-bond acceptors (Lipinski definition) is 4. The molecule has 0 unspecified atom stereocenters. The molecule has 1 saturated heterocycles. The molecule has 0 spiro atoms. The fourth-order valence-corrected chi connectivity index (χ4v) is 3.52. The zero-order valence-electron chi connectivity index (χ0n) is 13.4. The predicted octanol–water partition coefficient (Wildman–Crippen LogP) is 2.64. The summed E-state index contributed by atoms with van der Waals surface area (Å²) in [7, 11) is 1.65. The van der Waals surface area contributed by atoms with Crippen LogP contribution in [0.3, 0.4) is 0 Å². The Kier molecular flexibility index (Phi) is 5.31. The molecule has 0 atom stereocenters. The summed E-state index contributed by atoms with van der Waals surface area (Å²) >= 11 is 1.74. The molecule has 1 amide bonds. The molecule has 1 aliphatic heterocycles. The average molecular weight is 330 g/mol. The summed E-state index contributed by atoms with van der Waals surface area (Å²) < 4.78 is 5.22. The summed E-state index contributed by atoms with van der Waals surface area (Å²) in [6.45, 7) is 4.50. The number of nitrogens with zero attached hydrogens (tertiary/aromatic N) is 2. The Balaban J connectivity index is 1.49. The van der Waals surface area contributed by atoms with Crippen molar-refractivity contribution in [3.63, 3.8) is 0 Å². The summed E-state index contributed by atoms with van der Waals surface area (Å²) in [6.07, 6.45) is 0.446. The lowest BCUT2D eigenvalue weighted by molar-refractivity contribution is -0.132. The number of ether oxygens (including phenoxy) is 1. The van der Waals surface area contributed by atoms with Gasteiger partial charge >= 0.3 is 0 Å². The molecular formula is C18H22N2O2S. The fourth-order valence-electron chi connectivity index (χ4n) is 2.87. The van der Waals surface area contributed by atoms with Gasteiger partial charge in [0.1, 0.15) is 5.75 Å². The van der Waals surface area contributed by atoms with Crippen molar-refractivity contribution in [1.29, 1.82) is 0 Å². The fraction of sp³-hybridized carbons (Fsp3) is 0.389. The van der Waals surface area contributed by atoms with Crippen LogP contribution in [0.15, 0.2) is 41.1 Å². The molecule has 0 radical (unpaired) electrons. The molecule has 0 N–H and O–H groups in total. The Bertz CT molecular complexity index is 634. The number of piperazine rings is 1. The Morgan fingerprint density at radius 3 is 2.70 bits per heavy atom. The molecule has 0 bridgehead atoms. The van der Waals surface area contributed by atoms with Crippen molar-refractivity contribution in [2.45, 2.75) is 13.0 Å². The average Bonchev–Trinajstić information content (AvgIpc) is 3.08. The van der Waals surface area contributed by atoms with E-state index in [9.17, 15) is 4.79 Å². The number of benzene rings is 1. The van der Waals surface area contributed by atoms with Gasteiger partial charge < -0.3 is 9.64 Å². The first-order valence-electron chi connectivity index (χ1n) is 7.89. The lowest BCUT2D eigenvalue weighted by Gasteiger charge is -2.34. The van der Waals surface area contributed by atoms with E-state index in [0.29, 0.717) is 6.42 Å². The minimum Gasteiger partial charge on any atom is -0.497 e. The van der Waals surface area contributed by atoms with Crippen molar-refractivity contribution in [3.05, 3.63) is 52.2 Å². The van der Waals surface area contributed by atoms with Crippen LogP contribution in [-0.2, 0) is 17.8 Å². The predicted molar refractivity (Wildman–Crippen MR) is 92.9 cm³/mol. The molecule has 122 valence electrons. The van der Waals surface area contributed by atoms with E-state index >= 15 is 0 Å². The number of amides is 1. The number of carbonyl (C=O) groups excluding carboxylic acids is 1. The molecule has 2 aromatic rings. The Labute approximate surface area is 141 Å². The SMILES string of the molecule is COc1cccc(CC(=O)N2CCN(Cc3ccsc3)CC2)c1. The Morgan fingerprint density at radius 2 is 2.00 bits per heavy atom. The van der Waals surface area contributed by atoms with Crippen LogP contribution < -0.4 is 4.74 Å². The van der Waals surface area contributed by atoms with E-state index in [1.807, 2.05) is 29.2 Å². The van der Waals surface area contributed by atoms with Crippen LogP contribution in [0.25, 0.3) is 0 Å². The van der Waals surface area contributed by atoms with E-state index in [1.165, 1.54) is 5.56 Å². The van der Waals surface area contributed by atoms with Gasteiger partial charge in [0.05, 0.1) is 13.5 Å². The lowest BCUT2D eigenvalue weighted by atomic mass is 10.1. The molecule has 1 aliphatic rings. The third kappa shape index (κ3) is 4.33. The number of hydrogen-bond donors (Lipinski definition) is 0. The van der Waals surface area contributed by atoms with E-state index in [4.69, 9.17) is 4.74 Å². The van der Waals surface area contributed by atoms with Gasteiger partial charge in [0, 0.05) is 32.7 Å². The van der Waals surface area contributed by atoms with Crippen LogP contribution in [0.4, 0.5) is 0 Å². The highest BCUT2D eigenvalue weighted by Gasteiger charge is 2.21. The summed E-state index contributed by atoms with van der Waals surface area (Å²) in [5, 5.41) is 4.31. The molecule has 4 nitrogen and oxygen atoms in total. The maximum absolute atomic E-state index is 12.5. The number of rotatable bonds is 5. The summed E-state index contributed by atoms with van der Waals surface area (Å²) in [5.74, 6) is 1.00. The molecule has 0 aliphatic carbocycles. The molecule has 2 heterocycles. The van der Waals surface area contributed by atoms with E-state index in [-0.39, 0.29) is 5.91 Å². The third-order valence-corrected chi connectivity index (χ3v) is 4.93. The van der Waals surface area contributed by atoms with E-state index < -0.39 is 0 Å². The van der Waals surface area contributed by atoms with Crippen LogP contribution in [0.5, 0.6) is 5.75 Å². The highest BCUT2D eigenvalue weighted by atomic mass is 32.1. The number of thiophene rings is 1. The van der Waals surface area contributed by atoms with Crippen molar-refractivity contribution < 1.29 is 9.53 Å². The van der Waals surface area contributed by atoms with Gasteiger partial charge in [0.15, 0.2) is 0 Å². The van der Waals surface area contributed by atoms with Crippen LogP contribution in [0.2, 0.25) is 0 Å². The van der Waals surface area contributed by atoms with E-state index in [2.05, 4.69) is 21.7 Å². The monoisotopic (exact) mass is 330 g/mol. The van der Waals surface area contributed by atoms with Gasteiger partial charge in [-0.1, -0.05) is 12.1 Å². The van der Waals surface area contributed by atoms with Crippen molar-refractivity contribution in [2.75, 3.05) is 33.3 Å². The lowest BCUT2D eigenvalue weighted by Crippen LogP contribution is -2.48. The third-order valence-electron chi connectivity index (χ3n) is 4.20. The van der Waals surface area contributed by atoms with Crippen LogP contribution in [0.1, 0.15) is 11.1 Å².